The standard InChI is InChI=1S/C23H23F2N3O4S/c1-13-3-6-18-16(11-13)26-19(33-18)12-31-17-5-4-15(24)20(21(17)25)22(29)27-23(30)32-14-7-9-28(2)10-8-14/h3-6,11,14H,7-10,12H2,1-2H3,(H,27,29,30). The van der Waals surface area contributed by atoms with Gasteiger partial charge in [0.2, 0.25) is 0 Å². The topological polar surface area (TPSA) is 80.8 Å². The average Bonchev–Trinajstić information content (AvgIpc) is 3.16. The second-order valence-corrected chi connectivity index (χ2v) is 9.08. The number of nitrogens with one attached hydrogen (secondary N) is 1. The number of likely N-dealkylation sites (tertiary alicyclic amines) is 1. The van der Waals surface area contributed by atoms with Crippen LogP contribution >= 0.6 is 11.3 Å². The lowest BCUT2D eigenvalue weighted by Crippen LogP contribution is -2.39. The Balaban J connectivity index is 1.42. The van der Waals surface area contributed by atoms with Crippen LogP contribution in [0.2, 0.25) is 0 Å². The Bertz CT molecular complexity index is 1190. The van der Waals surface area contributed by atoms with Crippen LogP contribution in [0.4, 0.5) is 13.6 Å². The number of amides is 2. The van der Waals surface area contributed by atoms with E-state index in [0.29, 0.717) is 17.8 Å². The molecule has 10 heteroatoms. The molecule has 3 aromatic rings. The van der Waals surface area contributed by atoms with Gasteiger partial charge < -0.3 is 14.4 Å². The third kappa shape index (κ3) is 5.45. The zero-order valence-corrected chi connectivity index (χ0v) is 19.0. The summed E-state index contributed by atoms with van der Waals surface area (Å²) in [6, 6.07) is 7.85. The molecule has 1 aliphatic rings. The molecular weight excluding hydrogens is 452 g/mol. The minimum absolute atomic E-state index is 0.0554. The van der Waals surface area contributed by atoms with Crippen molar-refractivity contribution in [1.29, 1.82) is 0 Å². The number of rotatable bonds is 5. The Morgan fingerprint density at radius 3 is 2.73 bits per heavy atom. The molecule has 1 N–H and O–H groups in total. The molecule has 0 unspecified atom stereocenters. The number of halogens is 2. The van der Waals surface area contributed by atoms with Crippen LogP contribution in [0.15, 0.2) is 30.3 Å². The van der Waals surface area contributed by atoms with Crippen molar-refractivity contribution in [2.24, 2.45) is 0 Å². The lowest BCUT2D eigenvalue weighted by atomic mass is 10.1. The van der Waals surface area contributed by atoms with Crippen LogP contribution in [0.5, 0.6) is 5.75 Å². The number of imide groups is 1. The first-order valence-electron chi connectivity index (χ1n) is 10.5. The molecule has 0 radical (unpaired) electrons. The van der Waals surface area contributed by atoms with Crippen LogP contribution in [0.1, 0.15) is 33.8 Å². The normalized spacial score (nSPS) is 14.9. The van der Waals surface area contributed by atoms with E-state index < -0.39 is 29.2 Å². The fourth-order valence-electron chi connectivity index (χ4n) is 3.58. The van der Waals surface area contributed by atoms with Gasteiger partial charge in [-0.05, 0) is 56.6 Å². The highest BCUT2D eigenvalue weighted by atomic mass is 32.1. The van der Waals surface area contributed by atoms with Crippen LogP contribution in [0, 0.1) is 18.6 Å². The number of carbonyl (C=O) groups excluding carboxylic acids is 2. The van der Waals surface area contributed by atoms with Gasteiger partial charge in [0, 0.05) is 13.1 Å². The van der Waals surface area contributed by atoms with Gasteiger partial charge in [0.15, 0.2) is 11.6 Å². The van der Waals surface area contributed by atoms with Gasteiger partial charge in [0.25, 0.3) is 5.91 Å². The lowest BCUT2D eigenvalue weighted by Gasteiger charge is -2.28. The fraction of sp³-hybridized carbons (Fsp3) is 0.348. The Hall–Kier alpha value is -3.11. The Labute approximate surface area is 193 Å². The van der Waals surface area contributed by atoms with Crippen LogP contribution < -0.4 is 10.1 Å². The van der Waals surface area contributed by atoms with Gasteiger partial charge in [-0.25, -0.2) is 18.6 Å². The summed E-state index contributed by atoms with van der Waals surface area (Å²) in [6.07, 6.45) is -0.147. The highest BCUT2D eigenvalue weighted by Gasteiger charge is 2.26. The van der Waals surface area contributed by atoms with Crippen LogP contribution in [-0.2, 0) is 11.3 Å². The molecule has 7 nitrogen and oxygen atoms in total. The molecule has 4 rings (SSSR count). The van der Waals surface area contributed by atoms with E-state index in [1.165, 1.54) is 11.3 Å². The molecule has 0 spiro atoms. The largest absolute Gasteiger partial charge is 0.483 e. The van der Waals surface area contributed by atoms with E-state index in [1.54, 1.807) is 0 Å². The third-order valence-electron chi connectivity index (χ3n) is 5.38. The summed E-state index contributed by atoms with van der Waals surface area (Å²) in [5, 5.41) is 2.50. The maximum atomic E-state index is 14.9. The van der Waals surface area contributed by atoms with Crippen molar-refractivity contribution in [1.82, 2.24) is 15.2 Å². The third-order valence-corrected chi connectivity index (χ3v) is 6.39. The van der Waals surface area contributed by atoms with E-state index in [0.717, 1.165) is 41.0 Å². The Kier molecular flexibility index (Phi) is 6.85. The number of benzene rings is 2. The fourth-order valence-corrected chi connectivity index (χ4v) is 4.44. The van der Waals surface area contributed by atoms with Crippen molar-refractivity contribution in [2.75, 3.05) is 20.1 Å². The molecule has 174 valence electrons. The molecule has 0 atom stereocenters. The molecule has 0 saturated carbocycles. The summed E-state index contributed by atoms with van der Waals surface area (Å²) in [4.78, 5) is 31.0. The number of aryl methyl sites for hydroxylation is 1. The van der Waals surface area contributed by atoms with Crippen LogP contribution in [0.25, 0.3) is 10.2 Å². The average molecular weight is 476 g/mol. The molecule has 0 bridgehead atoms. The second kappa shape index (κ2) is 9.80. The number of hydrogen-bond acceptors (Lipinski definition) is 7. The van der Waals surface area contributed by atoms with Crippen molar-refractivity contribution >= 4 is 33.6 Å². The SMILES string of the molecule is Cc1ccc2sc(COc3ccc(F)c(C(=O)NC(=O)OC4CCN(C)CC4)c3F)nc2c1. The molecule has 1 fully saturated rings. The smallest absolute Gasteiger partial charge is 0.414 e. The van der Waals surface area contributed by atoms with E-state index in [1.807, 2.05) is 37.5 Å². The second-order valence-electron chi connectivity index (χ2n) is 7.96. The summed E-state index contributed by atoms with van der Waals surface area (Å²) < 4.78 is 40.8. The molecule has 33 heavy (non-hydrogen) atoms. The van der Waals surface area contributed by atoms with E-state index in [-0.39, 0.29) is 18.5 Å². The van der Waals surface area contributed by atoms with Gasteiger partial charge in [0.05, 0.1) is 10.2 Å². The summed E-state index contributed by atoms with van der Waals surface area (Å²) in [7, 11) is 1.96. The van der Waals surface area contributed by atoms with Crippen molar-refractivity contribution in [2.45, 2.75) is 32.5 Å². The number of ether oxygens (including phenoxy) is 2. The van der Waals surface area contributed by atoms with Gasteiger partial charge in [0.1, 0.15) is 29.1 Å². The van der Waals surface area contributed by atoms with Gasteiger partial charge >= 0.3 is 6.09 Å². The minimum atomic E-state index is -1.23. The lowest BCUT2D eigenvalue weighted by molar-refractivity contribution is 0.0549. The Morgan fingerprint density at radius 1 is 1.21 bits per heavy atom. The number of thiazole rings is 1. The number of alkyl carbamates (subject to hydrolysis) is 1. The van der Waals surface area contributed by atoms with Gasteiger partial charge in [-0.2, -0.15) is 0 Å². The summed E-state index contributed by atoms with van der Waals surface area (Å²) in [6.45, 7) is 3.41. The minimum Gasteiger partial charge on any atom is -0.483 e. The first-order valence-corrected chi connectivity index (χ1v) is 11.3. The molecule has 2 amide bonds. The van der Waals surface area contributed by atoms with Crippen molar-refractivity contribution in [3.8, 4) is 5.75 Å². The zero-order chi connectivity index (χ0) is 23.5. The molecule has 1 aliphatic heterocycles. The maximum Gasteiger partial charge on any atom is 0.414 e. The summed E-state index contributed by atoms with van der Waals surface area (Å²) in [5.41, 5.74) is 0.962. The predicted molar refractivity (Wildman–Crippen MR) is 120 cm³/mol. The highest BCUT2D eigenvalue weighted by molar-refractivity contribution is 7.18. The number of carbonyl (C=O) groups is 2. The molecule has 2 heterocycles. The van der Waals surface area contributed by atoms with E-state index >= 15 is 0 Å². The van der Waals surface area contributed by atoms with E-state index in [2.05, 4.69) is 9.88 Å². The number of fused-ring (bicyclic) bond motifs is 1. The molecule has 0 aliphatic carbocycles. The summed E-state index contributed by atoms with van der Waals surface area (Å²) >= 11 is 1.39. The first-order chi connectivity index (χ1) is 15.8. The quantitative estimate of drug-likeness (QED) is 0.588. The van der Waals surface area contributed by atoms with Crippen molar-refractivity contribution in [3.63, 3.8) is 0 Å². The highest BCUT2D eigenvalue weighted by Crippen LogP contribution is 2.27. The van der Waals surface area contributed by atoms with Crippen molar-refractivity contribution in [3.05, 3.63) is 58.1 Å². The van der Waals surface area contributed by atoms with Gasteiger partial charge in [-0.3, -0.25) is 10.1 Å². The zero-order valence-electron chi connectivity index (χ0n) is 18.2. The Morgan fingerprint density at radius 2 is 1.97 bits per heavy atom. The molecule has 1 aromatic heterocycles. The number of piperidine rings is 1. The predicted octanol–water partition coefficient (Wildman–Crippen LogP) is 4.42. The number of hydrogen-bond donors (Lipinski definition) is 1. The molecular formula is C23H23F2N3O4S. The van der Waals surface area contributed by atoms with Gasteiger partial charge in [-0.1, -0.05) is 6.07 Å². The first kappa shape index (κ1) is 23.1. The van der Waals surface area contributed by atoms with Crippen LogP contribution in [-0.4, -0.2) is 48.1 Å². The molecule has 2 aromatic carbocycles. The van der Waals surface area contributed by atoms with E-state index in [4.69, 9.17) is 9.47 Å². The number of nitrogens with zero attached hydrogens (tertiary/aromatic N) is 2. The molecule has 1 saturated heterocycles. The van der Waals surface area contributed by atoms with Crippen molar-refractivity contribution < 1.29 is 27.8 Å². The summed E-state index contributed by atoms with van der Waals surface area (Å²) in [5.74, 6) is -3.86. The van der Waals surface area contributed by atoms with E-state index in [9.17, 15) is 18.4 Å². The maximum absolute atomic E-state index is 14.9. The van der Waals surface area contributed by atoms with Crippen LogP contribution in [0.3, 0.4) is 0 Å². The van der Waals surface area contributed by atoms with Gasteiger partial charge in [-0.15, -0.1) is 11.3 Å². The number of aromatic nitrogens is 1. The monoisotopic (exact) mass is 475 g/mol.